The third-order valence-electron chi connectivity index (χ3n) is 3.85. The summed E-state index contributed by atoms with van der Waals surface area (Å²) in [4.78, 5) is 11.0. The molecule has 2 aromatic heterocycles. The Hall–Kier alpha value is -1.78. The van der Waals surface area contributed by atoms with Gasteiger partial charge in [0.1, 0.15) is 5.01 Å². The van der Waals surface area contributed by atoms with Crippen LogP contribution >= 0.6 is 11.3 Å². The third-order valence-corrected chi connectivity index (χ3v) is 4.94. The molecule has 0 atom stereocenters. The summed E-state index contributed by atoms with van der Waals surface area (Å²) in [5, 5.41) is 5.48. The van der Waals surface area contributed by atoms with Crippen LogP contribution in [0.4, 0.5) is 0 Å². The van der Waals surface area contributed by atoms with Gasteiger partial charge in [-0.25, -0.2) is 9.97 Å². The number of nitrogens with one attached hydrogen (secondary N) is 1. The average Bonchev–Trinajstić information content (AvgIpc) is 3.28. The van der Waals surface area contributed by atoms with Gasteiger partial charge in [-0.15, -0.1) is 11.3 Å². The Bertz CT molecular complexity index is 790. The molecule has 0 radical (unpaired) electrons. The smallest absolute Gasteiger partial charge is 0.142 e. The van der Waals surface area contributed by atoms with Gasteiger partial charge < -0.3 is 5.32 Å². The number of thiazole rings is 1. The average molecular weight is 295 g/mol. The van der Waals surface area contributed by atoms with E-state index in [2.05, 4.69) is 29.6 Å². The van der Waals surface area contributed by atoms with Crippen LogP contribution in [0.2, 0.25) is 0 Å². The highest BCUT2D eigenvalue weighted by molar-refractivity contribution is 7.15. The Kier molecular flexibility index (Phi) is 3.20. The van der Waals surface area contributed by atoms with Gasteiger partial charge >= 0.3 is 0 Å². The number of hydrogen-bond acceptors (Lipinski definition) is 4. The Morgan fingerprint density at radius 2 is 2.00 bits per heavy atom. The molecule has 3 nitrogen and oxygen atoms in total. The van der Waals surface area contributed by atoms with E-state index in [9.17, 15) is 0 Å². The van der Waals surface area contributed by atoms with E-state index < -0.39 is 0 Å². The van der Waals surface area contributed by atoms with Crippen LogP contribution in [-0.2, 0) is 6.54 Å². The maximum atomic E-state index is 4.88. The van der Waals surface area contributed by atoms with Crippen LogP contribution in [0, 0.1) is 0 Å². The Labute approximate surface area is 128 Å². The lowest BCUT2D eigenvalue weighted by Crippen LogP contribution is -2.05. The van der Waals surface area contributed by atoms with Crippen molar-refractivity contribution < 1.29 is 0 Å². The summed E-state index contributed by atoms with van der Waals surface area (Å²) in [6.07, 6.45) is 2.57. The molecule has 1 N–H and O–H groups in total. The number of aromatic nitrogens is 2. The summed E-state index contributed by atoms with van der Waals surface area (Å²) in [5.74, 6) is 0.679. The largest absolute Gasteiger partial charge is 0.315 e. The highest BCUT2D eigenvalue weighted by Crippen LogP contribution is 2.44. The van der Waals surface area contributed by atoms with E-state index >= 15 is 0 Å². The number of rotatable bonds is 4. The second-order valence-corrected chi connectivity index (χ2v) is 6.60. The monoisotopic (exact) mass is 295 g/mol. The van der Waals surface area contributed by atoms with Crippen molar-refractivity contribution in [2.45, 2.75) is 25.3 Å². The Morgan fingerprint density at radius 3 is 2.81 bits per heavy atom. The Morgan fingerprint density at radius 1 is 1.14 bits per heavy atom. The first kappa shape index (κ1) is 12.9. The highest BCUT2D eigenvalue weighted by atomic mass is 32.1. The van der Waals surface area contributed by atoms with Gasteiger partial charge in [0, 0.05) is 22.7 Å². The van der Waals surface area contributed by atoms with Crippen LogP contribution in [0.3, 0.4) is 0 Å². The maximum absolute atomic E-state index is 4.88. The van der Waals surface area contributed by atoms with E-state index in [0.29, 0.717) is 5.92 Å². The van der Waals surface area contributed by atoms with Crippen molar-refractivity contribution in [3.05, 3.63) is 47.0 Å². The summed E-state index contributed by atoms with van der Waals surface area (Å²) in [6.45, 7) is 0.900. The molecule has 0 saturated heterocycles. The number of pyridine rings is 1. The van der Waals surface area contributed by atoms with Crippen LogP contribution in [0.5, 0.6) is 0 Å². The van der Waals surface area contributed by atoms with Gasteiger partial charge in [-0.3, -0.25) is 0 Å². The van der Waals surface area contributed by atoms with Crippen molar-refractivity contribution in [3.8, 4) is 10.7 Å². The number of benzene rings is 1. The zero-order chi connectivity index (χ0) is 14.2. The molecule has 0 bridgehead atoms. The summed E-state index contributed by atoms with van der Waals surface area (Å²) in [5.41, 5.74) is 3.32. The predicted octanol–water partition coefficient (Wildman–Crippen LogP) is 3.96. The van der Waals surface area contributed by atoms with E-state index in [0.717, 1.165) is 22.8 Å². The van der Waals surface area contributed by atoms with Crippen LogP contribution in [0.15, 0.2) is 36.4 Å². The summed E-state index contributed by atoms with van der Waals surface area (Å²) in [7, 11) is 1.99. The van der Waals surface area contributed by atoms with Gasteiger partial charge in [-0.1, -0.05) is 24.3 Å². The van der Waals surface area contributed by atoms with E-state index in [1.807, 2.05) is 19.2 Å². The lowest BCUT2D eigenvalue weighted by atomic mass is 10.2. The molecule has 0 amide bonds. The molecule has 0 spiro atoms. The maximum Gasteiger partial charge on any atom is 0.142 e. The van der Waals surface area contributed by atoms with Gasteiger partial charge in [0.25, 0.3) is 0 Å². The molecule has 1 aliphatic carbocycles. The topological polar surface area (TPSA) is 37.8 Å². The van der Waals surface area contributed by atoms with Gasteiger partial charge in [0.15, 0.2) is 0 Å². The van der Waals surface area contributed by atoms with E-state index in [4.69, 9.17) is 9.97 Å². The van der Waals surface area contributed by atoms with E-state index in [1.165, 1.54) is 28.8 Å². The van der Waals surface area contributed by atoms with Crippen LogP contribution in [0.1, 0.15) is 29.3 Å². The second kappa shape index (κ2) is 5.20. The molecule has 4 heteroatoms. The van der Waals surface area contributed by atoms with Crippen LogP contribution < -0.4 is 5.32 Å². The SMILES string of the molecule is CNCc1sc(-c2ccc3ccccc3n2)nc1C1CC1. The lowest BCUT2D eigenvalue weighted by Gasteiger charge is -1.99. The molecule has 1 fully saturated rings. The molecule has 0 aliphatic heterocycles. The fourth-order valence-electron chi connectivity index (χ4n) is 2.62. The third kappa shape index (κ3) is 2.45. The van der Waals surface area contributed by atoms with Gasteiger partial charge in [0.05, 0.1) is 16.9 Å². The minimum atomic E-state index is 0.679. The van der Waals surface area contributed by atoms with Gasteiger partial charge in [0.2, 0.25) is 0 Å². The Balaban J connectivity index is 1.78. The predicted molar refractivity (Wildman–Crippen MR) is 87.6 cm³/mol. The number of hydrogen-bond donors (Lipinski definition) is 1. The van der Waals surface area contributed by atoms with Crippen molar-refractivity contribution in [1.29, 1.82) is 0 Å². The van der Waals surface area contributed by atoms with Crippen LogP contribution in [0.25, 0.3) is 21.6 Å². The first-order valence-electron chi connectivity index (χ1n) is 7.35. The van der Waals surface area contributed by atoms with Crippen molar-refractivity contribution in [1.82, 2.24) is 15.3 Å². The van der Waals surface area contributed by atoms with E-state index in [1.54, 1.807) is 11.3 Å². The molecule has 1 aliphatic rings. The standard InChI is InChI=1S/C17H17N3S/c1-18-10-15-16(12-6-7-12)20-17(21-15)14-9-8-11-4-2-3-5-13(11)19-14/h2-5,8-9,12,18H,6-7,10H2,1H3. The molecule has 2 heterocycles. The molecule has 1 aromatic carbocycles. The summed E-state index contributed by atoms with van der Waals surface area (Å²) >= 11 is 1.78. The number of nitrogens with zero attached hydrogens (tertiary/aromatic N) is 2. The van der Waals surface area contributed by atoms with Crippen molar-refractivity contribution in [2.24, 2.45) is 0 Å². The lowest BCUT2D eigenvalue weighted by molar-refractivity contribution is 0.813. The minimum Gasteiger partial charge on any atom is -0.315 e. The minimum absolute atomic E-state index is 0.679. The summed E-state index contributed by atoms with van der Waals surface area (Å²) < 4.78 is 0. The first-order chi connectivity index (χ1) is 10.3. The first-order valence-corrected chi connectivity index (χ1v) is 8.17. The number of para-hydroxylation sites is 1. The van der Waals surface area contributed by atoms with Crippen molar-refractivity contribution >= 4 is 22.2 Å². The van der Waals surface area contributed by atoms with Crippen LogP contribution in [-0.4, -0.2) is 17.0 Å². The van der Waals surface area contributed by atoms with E-state index in [-0.39, 0.29) is 0 Å². The number of fused-ring (bicyclic) bond motifs is 1. The molecule has 0 unspecified atom stereocenters. The molecular weight excluding hydrogens is 278 g/mol. The normalized spacial score (nSPS) is 14.7. The van der Waals surface area contributed by atoms with Gasteiger partial charge in [-0.05, 0) is 32.0 Å². The molecular formula is C17H17N3S. The zero-order valence-electron chi connectivity index (χ0n) is 12.0. The van der Waals surface area contributed by atoms with Gasteiger partial charge in [-0.2, -0.15) is 0 Å². The van der Waals surface area contributed by atoms with Crippen molar-refractivity contribution in [3.63, 3.8) is 0 Å². The molecule has 1 saturated carbocycles. The quantitative estimate of drug-likeness (QED) is 0.792. The molecule has 3 aromatic rings. The zero-order valence-corrected chi connectivity index (χ0v) is 12.8. The second-order valence-electron chi connectivity index (χ2n) is 5.52. The fraction of sp³-hybridized carbons (Fsp3) is 0.294. The molecule has 21 heavy (non-hydrogen) atoms. The molecule has 4 rings (SSSR count). The van der Waals surface area contributed by atoms with Crippen molar-refractivity contribution in [2.75, 3.05) is 7.05 Å². The fourth-order valence-corrected chi connectivity index (χ4v) is 3.75. The summed E-state index contributed by atoms with van der Waals surface area (Å²) in [6, 6.07) is 12.4. The molecule has 106 valence electrons. The highest BCUT2D eigenvalue weighted by Gasteiger charge is 2.29.